The number of ether oxygens (including phenoxy) is 1. The highest BCUT2D eigenvalue weighted by Crippen LogP contribution is 2.43. The van der Waals surface area contributed by atoms with Gasteiger partial charge in [0, 0.05) is 42.3 Å². The first-order valence-electron chi connectivity index (χ1n) is 16.5. The largest absolute Gasteiger partial charge is 0.491 e. The van der Waals surface area contributed by atoms with E-state index >= 15 is 4.39 Å². The molecule has 246 valence electrons. The van der Waals surface area contributed by atoms with Gasteiger partial charge in [0.15, 0.2) is 0 Å². The molecule has 1 saturated heterocycles. The Morgan fingerprint density at radius 3 is 2.65 bits per heavy atom. The number of aromatic amines is 1. The molecule has 1 aliphatic carbocycles. The number of hydrogen-bond acceptors (Lipinski definition) is 8. The second-order valence-electron chi connectivity index (χ2n) is 13.4. The monoisotopic (exact) mass is 648 g/mol. The minimum atomic E-state index is -0.590. The maximum absolute atomic E-state index is 15.4. The summed E-state index contributed by atoms with van der Waals surface area (Å²) in [4.78, 5) is 34.9. The standard InChI is InChI=1S/C37H37FN6O4/c1-37(47)9-11-43(12-10-37)19-22-5-8-29(39-18-22)30-17-26-34(40-21-41-35(26)42-30)25-3-2-4-31(27(25)20-45)44-13-14-48-32-16-24(23-6-7-23)15-28(38)33(32)36(44)46/h2-5,8,15-18,21,23,45,47H,6-7,9-14,19-20H2,1H3,(H,40,41,42). The summed E-state index contributed by atoms with van der Waals surface area (Å²) in [6.07, 6.45) is 6.88. The molecule has 2 aromatic carbocycles. The minimum absolute atomic E-state index is 0.0894. The molecule has 3 aromatic heterocycles. The van der Waals surface area contributed by atoms with Crippen molar-refractivity contribution in [1.29, 1.82) is 0 Å². The van der Waals surface area contributed by atoms with Crippen molar-refractivity contribution in [2.75, 3.05) is 31.1 Å². The molecule has 0 radical (unpaired) electrons. The molecule has 5 heterocycles. The quantitative estimate of drug-likeness (QED) is 0.209. The number of H-pyrrole nitrogens is 1. The van der Waals surface area contributed by atoms with Gasteiger partial charge in [0.1, 0.15) is 35.7 Å². The van der Waals surface area contributed by atoms with E-state index in [1.165, 1.54) is 17.3 Å². The van der Waals surface area contributed by atoms with Crippen LogP contribution >= 0.6 is 0 Å². The molecule has 2 aliphatic heterocycles. The summed E-state index contributed by atoms with van der Waals surface area (Å²) in [7, 11) is 0. The number of rotatable bonds is 7. The van der Waals surface area contributed by atoms with E-state index in [0.29, 0.717) is 34.1 Å². The third kappa shape index (κ3) is 5.72. The molecule has 2 fully saturated rings. The maximum Gasteiger partial charge on any atom is 0.265 e. The van der Waals surface area contributed by atoms with Crippen molar-refractivity contribution in [1.82, 2.24) is 24.8 Å². The van der Waals surface area contributed by atoms with Crippen LogP contribution in [0.1, 0.15) is 65.6 Å². The zero-order chi connectivity index (χ0) is 33.0. The number of amides is 1. The lowest BCUT2D eigenvalue weighted by Gasteiger charge is -2.35. The molecule has 0 bridgehead atoms. The topological polar surface area (TPSA) is 128 Å². The molecule has 0 atom stereocenters. The van der Waals surface area contributed by atoms with Gasteiger partial charge in [0.25, 0.3) is 5.91 Å². The molecule has 8 rings (SSSR count). The van der Waals surface area contributed by atoms with Crippen LogP contribution in [-0.2, 0) is 13.2 Å². The number of anilines is 1. The maximum atomic E-state index is 15.4. The van der Waals surface area contributed by atoms with Gasteiger partial charge in [-0.1, -0.05) is 18.2 Å². The summed E-state index contributed by atoms with van der Waals surface area (Å²) in [5.74, 6) is -0.509. The van der Waals surface area contributed by atoms with E-state index in [9.17, 15) is 15.0 Å². The van der Waals surface area contributed by atoms with E-state index in [1.807, 2.05) is 37.4 Å². The van der Waals surface area contributed by atoms with Crippen molar-refractivity contribution in [3.63, 3.8) is 0 Å². The Bertz CT molecular complexity index is 2010. The van der Waals surface area contributed by atoms with E-state index in [-0.39, 0.29) is 31.1 Å². The first kappa shape index (κ1) is 30.6. The van der Waals surface area contributed by atoms with Crippen LogP contribution < -0.4 is 9.64 Å². The Hall–Kier alpha value is -4.71. The van der Waals surface area contributed by atoms with Crippen molar-refractivity contribution in [3.05, 3.63) is 89.1 Å². The van der Waals surface area contributed by atoms with Gasteiger partial charge in [-0.15, -0.1) is 0 Å². The van der Waals surface area contributed by atoms with Crippen LogP contribution in [0.4, 0.5) is 10.1 Å². The number of nitrogens with one attached hydrogen (secondary N) is 1. The van der Waals surface area contributed by atoms with E-state index in [0.717, 1.165) is 73.2 Å². The first-order chi connectivity index (χ1) is 23.3. The van der Waals surface area contributed by atoms with Crippen molar-refractivity contribution >= 4 is 22.6 Å². The summed E-state index contributed by atoms with van der Waals surface area (Å²) in [5, 5.41) is 21.7. The SMILES string of the molecule is CC1(O)CCN(Cc2ccc(-c3cc4c(-c5cccc(N6CCOc7cc(C8CC8)cc(F)c7C6=O)c5CO)ncnc4[nH]3)nc2)CC1. The molecule has 3 N–H and O–H groups in total. The molecule has 11 heteroatoms. The van der Waals surface area contributed by atoms with E-state index in [1.54, 1.807) is 12.1 Å². The number of aromatic nitrogens is 4. The minimum Gasteiger partial charge on any atom is -0.491 e. The summed E-state index contributed by atoms with van der Waals surface area (Å²) in [6, 6.07) is 14.7. The molecular weight excluding hydrogens is 611 g/mol. The number of piperidine rings is 1. The summed E-state index contributed by atoms with van der Waals surface area (Å²) >= 11 is 0. The average molecular weight is 649 g/mol. The van der Waals surface area contributed by atoms with Gasteiger partial charge >= 0.3 is 0 Å². The van der Waals surface area contributed by atoms with Gasteiger partial charge < -0.3 is 24.8 Å². The van der Waals surface area contributed by atoms with Gasteiger partial charge in [0.2, 0.25) is 0 Å². The van der Waals surface area contributed by atoms with Crippen LogP contribution in [0.2, 0.25) is 0 Å². The summed E-state index contributed by atoms with van der Waals surface area (Å²) < 4.78 is 21.3. The average Bonchev–Trinajstić information content (AvgIpc) is 3.87. The van der Waals surface area contributed by atoms with E-state index in [4.69, 9.17) is 9.72 Å². The highest BCUT2D eigenvalue weighted by atomic mass is 19.1. The van der Waals surface area contributed by atoms with Crippen LogP contribution in [-0.4, -0.2) is 72.8 Å². The normalized spacial score (nSPS) is 18.1. The van der Waals surface area contributed by atoms with Crippen LogP contribution in [0, 0.1) is 5.82 Å². The van der Waals surface area contributed by atoms with Crippen molar-refractivity contribution in [2.24, 2.45) is 0 Å². The molecule has 1 saturated carbocycles. The first-order valence-corrected chi connectivity index (χ1v) is 16.5. The number of likely N-dealkylation sites (tertiary alicyclic amines) is 1. The molecule has 3 aliphatic rings. The van der Waals surface area contributed by atoms with Crippen molar-refractivity contribution in [3.8, 4) is 28.4 Å². The fourth-order valence-corrected chi connectivity index (χ4v) is 6.92. The molecule has 48 heavy (non-hydrogen) atoms. The Labute approximate surface area is 277 Å². The molecule has 1 amide bonds. The summed E-state index contributed by atoms with van der Waals surface area (Å²) in [5.41, 5.74) is 5.61. The molecular formula is C37H37FN6O4. The zero-order valence-electron chi connectivity index (χ0n) is 26.7. The molecule has 5 aromatic rings. The van der Waals surface area contributed by atoms with Crippen LogP contribution in [0.5, 0.6) is 5.75 Å². The lowest BCUT2D eigenvalue weighted by molar-refractivity contribution is -0.00732. The van der Waals surface area contributed by atoms with Crippen molar-refractivity contribution in [2.45, 2.75) is 57.3 Å². The number of nitrogens with zero attached hydrogens (tertiary/aromatic N) is 5. The number of carbonyl (C=O) groups excluding carboxylic acids is 1. The highest BCUT2D eigenvalue weighted by Gasteiger charge is 2.33. The fraction of sp³-hybridized carbons (Fsp3) is 0.351. The molecule has 10 nitrogen and oxygen atoms in total. The van der Waals surface area contributed by atoms with Crippen LogP contribution in [0.15, 0.2) is 61.1 Å². The highest BCUT2D eigenvalue weighted by molar-refractivity contribution is 6.09. The van der Waals surface area contributed by atoms with Gasteiger partial charge in [-0.25, -0.2) is 14.4 Å². The number of halogens is 1. The predicted molar refractivity (Wildman–Crippen MR) is 179 cm³/mol. The van der Waals surface area contributed by atoms with Crippen LogP contribution in [0.3, 0.4) is 0 Å². The Balaban J connectivity index is 1.10. The lowest BCUT2D eigenvalue weighted by atomic mass is 9.94. The van der Waals surface area contributed by atoms with Gasteiger partial charge in [-0.2, -0.15) is 0 Å². The third-order valence-electron chi connectivity index (χ3n) is 9.88. The van der Waals surface area contributed by atoms with Gasteiger partial charge in [-0.3, -0.25) is 14.7 Å². The number of benzene rings is 2. The fourth-order valence-electron chi connectivity index (χ4n) is 6.92. The number of aliphatic hydroxyl groups excluding tert-OH is 1. The molecule has 0 unspecified atom stereocenters. The second-order valence-corrected chi connectivity index (χ2v) is 13.4. The van der Waals surface area contributed by atoms with Gasteiger partial charge in [0.05, 0.1) is 41.5 Å². The third-order valence-corrected chi connectivity index (χ3v) is 9.88. The number of pyridine rings is 1. The van der Waals surface area contributed by atoms with Crippen LogP contribution in [0.25, 0.3) is 33.7 Å². The van der Waals surface area contributed by atoms with E-state index in [2.05, 4.69) is 25.9 Å². The predicted octanol–water partition coefficient (Wildman–Crippen LogP) is 5.58. The van der Waals surface area contributed by atoms with Gasteiger partial charge in [-0.05, 0) is 80.0 Å². The number of fused-ring (bicyclic) bond motifs is 2. The smallest absolute Gasteiger partial charge is 0.265 e. The Morgan fingerprint density at radius 1 is 1.06 bits per heavy atom. The summed E-state index contributed by atoms with van der Waals surface area (Å²) in [6.45, 7) is 4.38. The second kappa shape index (κ2) is 12.1. The molecule has 0 spiro atoms. The zero-order valence-corrected chi connectivity index (χ0v) is 26.7. The number of carbonyl (C=O) groups is 1. The number of hydrogen-bond donors (Lipinski definition) is 3. The number of aliphatic hydroxyl groups is 2. The Morgan fingerprint density at radius 2 is 1.90 bits per heavy atom. The van der Waals surface area contributed by atoms with E-state index < -0.39 is 17.3 Å². The lowest BCUT2D eigenvalue weighted by Crippen LogP contribution is -2.41. The van der Waals surface area contributed by atoms with Crippen molar-refractivity contribution < 1.29 is 24.1 Å². The Kier molecular flexibility index (Phi) is 7.70.